The van der Waals surface area contributed by atoms with Crippen LogP contribution in [-0.2, 0) is 4.79 Å². The van der Waals surface area contributed by atoms with Gasteiger partial charge in [0.25, 0.3) is 0 Å². The molecule has 0 unspecified atom stereocenters. The standard InChI is InChI=1S/C15H22N2O2/c1-11(5-4-8-18)16-10-12-9-15(19)17-14-7-3-2-6-13(12)14/h2-3,6-7,11-12,16,18H,4-5,8-10H2,1H3,(H,17,19)/t11-,12+/m0/s1. The molecule has 1 aliphatic heterocycles. The van der Waals surface area contributed by atoms with Gasteiger partial charge in [0.05, 0.1) is 0 Å². The summed E-state index contributed by atoms with van der Waals surface area (Å²) in [4.78, 5) is 11.7. The van der Waals surface area contributed by atoms with E-state index in [0.29, 0.717) is 12.5 Å². The molecular formula is C15H22N2O2. The van der Waals surface area contributed by atoms with E-state index in [4.69, 9.17) is 5.11 Å². The van der Waals surface area contributed by atoms with Gasteiger partial charge in [-0.25, -0.2) is 0 Å². The van der Waals surface area contributed by atoms with Crippen molar-refractivity contribution in [3.05, 3.63) is 29.8 Å². The van der Waals surface area contributed by atoms with E-state index in [9.17, 15) is 4.79 Å². The first kappa shape index (κ1) is 14.0. The average molecular weight is 262 g/mol. The third-order valence-corrected chi connectivity index (χ3v) is 3.61. The highest BCUT2D eigenvalue weighted by molar-refractivity contribution is 5.94. The lowest BCUT2D eigenvalue weighted by molar-refractivity contribution is -0.116. The van der Waals surface area contributed by atoms with Gasteiger partial charge in [-0.2, -0.15) is 0 Å². The van der Waals surface area contributed by atoms with Crippen LogP contribution in [0.5, 0.6) is 0 Å². The van der Waals surface area contributed by atoms with Gasteiger partial charge >= 0.3 is 0 Å². The highest BCUT2D eigenvalue weighted by atomic mass is 16.2. The molecule has 0 radical (unpaired) electrons. The Hall–Kier alpha value is -1.39. The van der Waals surface area contributed by atoms with E-state index in [2.05, 4.69) is 23.6 Å². The molecule has 1 amide bonds. The SMILES string of the molecule is C[C@@H](CCCO)NC[C@H]1CC(=O)Nc2ccccc21. The van der Waals surface area contributed by atoms with Crippen molar-refractivity contribution >= 4 is 11.6 Å². The Kier molecular flexibility index (Phi) is 4.93. The lowest BCUT2D eigenvalue weighted by Crippen LogP contribution is -2.34. The number of rotatable bonds is 6. The van der Waals surface area contributed by atoms with Gasteiger partial charge in [-0.05, 0) is 31.4 Å². The van der Waals surface area contributed by atoms with E-state index < -0.39 is 0 Å². The first-order valence-electron chi connectivity index (χ1n) is 6.93. The molecule has 0 spiro atoms. The fourth-order valence-electron chi connectivity index (χ4n) is 2.53. The molecule has 4 heteroatoms. The first-order chi connectivity index (χ1) is 9.20. The topological polar surface area (TPSA) is 61.4 Å². The number of amides is 1. The molecule has 1 heterocycles. The number of benzene rings is 1. The van der Waals surface area contributed by atoms with Crippen LogP contribution in [0.4, 0.5) is 5.69 Å². The Balaban J connectivity index is 1.95. The molecule has 1 aliphatic rings. The van der Waals surface area contributed by atoms with Crippen LogP contribution in [0.3, 0.4) is 0 Å². The van der Waals surface area contributed by atoms with E-state index in [1.165, 1.54) is 5.56 Å². The van der Waals surface area contributed by atoms with Crippen LogP contribution >= 0.6 is 0 Å². The molecule has 0 saturated carbocycles. The number of para-hydroxylation sites is 1. The minimum Gasteiger partial charge on any atom is -0.396 e. The molecule has 1 aromatic rings. The maximum Gasteiger partial charge on any atom is 0.225 e. The molecule has 3 N–H and O–H groups in total. The van der Waals surface area contributed by atoms with E-state index in [-0.39, 0.29) is 18.4 Å². The summed E-state index contributed by atoms with van der Waals surface area (Å²) in [5.41, 5.74) is 2.15. The second kappa shape index (κ2) is 6.68. The molecule has 104 valence electrons. The van der Waals surface area contributed by atoms with Gasteiger partial charge in [0.1, 0.15) is 0 Å². The van der Waals surface area contributed by atoms with Gasteiger partial charge in [-0.3, -0.25) is 4.79 Å². The summed E-state index contributed by atoms with van der Waals surface area (Å²) in [6.07, 6.45) is 2.31. The van der Waals surface area contributed by atoms with Crippen molar-refractivity contribution in [2.24, 2.45) is 0 Å². The summed E-state index contributed by atoms with van der Waals surface area (Å²) in [6, 6.07) is 8.36. The van der Waals surface area contributed by atoms with Crippen molar-refractivity contribution in [3.63, 3.8) is 0 Å². The average Bonchev–Trinajstić information content (AvgIpc) is 2.42. The number of aliphatic hydroxyl groups excluding tert-OH is 1. The van der Waals surface area contributed by atoms with Crippen LogP contribution in [0.15, 0.2) is 24.3 Å². The third-order valence-electron chi connectivity index (χ3n) is 3.61. The van der Waals surface area contributed by atoms with Crippen molar-refractivity contribution in [1.29, 1.82) is 0 Å². The van der Waals surface area contributed by atoms with Gasteiger partial charge in [0, 0.05) is 37.2 Å². The van der Waals surface area contributed by atoms with Crippen LogP contribution in [0.1, 0.15) is 37.7 Å². The van der Waals surface area contributed by atoms with Gasteiger partial charge in [-0.1, -0.05) is 18.2 Å². The minimum atomic E-state index is 0.0912. The van der Waals surface area contributed by atoms with E-state index >= 15 is 0 Å². The van der Waals surface area contributed by atoms with Crippen LogP contribution in [0, 0.1) is 0 Å². The zero-order chi connectivity index (χ0) is 13.7. The van der Waals surface area contributed by atoms with Crippen LogP contribution in [0.2, 0.25) is 0 Å². The predicted octanol–water partition coefficient (Wildman–Crippen LogP) is 1.86. The Bertz CT molecular complexity index is 434. The summed E-state index contributed by atoms with van der Waals surface area (Å²) < 4.78 is 0. The molecule has 0 aliphatic carbocycles. The van der Waals surface area contributed by atoms with Gasteiger partial charge in [0.2, 0.25) is 5.91 Å². The van der Waals surface area contributed by atoms with Crippen molar-refractivity contribution < 1.29 is 9.90 Å². The highest BCUT2D eigenvalue weighted by Crippen LogP contribution is 2.31. The van der Waals surface area contributed by atoms with Gasteiger partial charge in [-0.15, -0.1) is 0 Å². The van der Waals surface area contributed by atoms with Crippen molar-refractivity contribution in [3.8, 4) is 0 Å². The lowest BCUT2D eigenvalue weighted by Gasteiger charge is -2.27. The van der Waals surface area contributed by atoms with E-state index in [1.807, 2.05) is 18.2 Å². The Morgan fingerprint density at radius 1 is 1.47 bits per heavy atom. The number of aliphatic hydroxyl groups is 1. The zero-order valence-electron chi connectivity index (χ0n) is 11.4. The number of anilines is 1. The lowest BCUT2D eigenvalue weighted by atomic mass is 9.90. The molecular weight excluding hydrogens is 240 g/mol. The third kappa shape index (κ3) is 3.78. The van der Waals surface area contributed by atoms with Gasteiger partial charge < -0.3 is 15.7 Å². The van der Waals surface area contributed by atoms with E-state index in [0.717, 1.165) is 25.1 Å². The molecule has 0 bridgehead atoms. The summed E-state index contributed by atoms with van der Waals surface area (Å²) in [7, 11) is 0. The molecule has 2 atom stereocenters. The maximum absolute atomic E-state index is 11.7. The van der Waals surface area contributed by atoms with Crippen LogP contribution < -0.4 is 10.6 Å². The predicted molar refractivity (Wildman–Crippen MR) is 76.2 cm³/mol. The fourth-order valence-corrected chi connectivity index (χ4v) is 2.53. The Labute approximate surface area is 114 Å². The smallest absolute Gasteiger partial charge is 0.225 e. The van der Waals surface area contributed by atoms with Crippen molar-refractivity contribution in [2.45, 2.75) is 38.1 Å². The van der Waals surface area contributed by atoms with E-state index in [1.54, 1.807) is 0 Å². The monoisotopic (exact) mass is 262 g/mol. The van der Waals surface area contributed by atoms with Crippen molar-refractivity contribution in [2.75, 3.05) is 18.5 Å². The summed E-state index contributed by atoms with van der Waals surface area (Å²) in [5.74, 6) is 0.329. The Morgan fingerprint density at radius 2 is 2.26 bits per heavy atom. The molecule has 1 aromatic carbocycles. The number of fused-ring (bicyclic) bond motifs is 1. The van der Waals surface area contributed by atoms with Crippen LogP contribution in [0.25, 0.3) is 0 Å². The zero-order valence-corrected chi connectivity index (χ0v) is 11.4. The van der Waals surface area contributed by atoms with Gasteiger partial charge in [0.15, 0.2) is 0 Å². The number of carbonyl (C=O) groups excluding carboxylic acids is 1. The number of carbonyl (C=O) groups is 1. The normalized spacial score (nSPS) is 19.7. The largest absolute Gasteiger partial charge is 0.396 e. The maximum atomic E-state index is 11.7. The molecule has 4 nitrogen and oxygen atoms in total. The molecule has 0 saturated heterocycles. The van der Waals surface area contributed by atoms with Crippen molar-refractivity contribution in [1.82, 2.24) is 5.32 Å². The molecule has 0 aromatic heterocycles. The number of nitrogens with one attached hydrogen (secondary N) is 2. The summed E-state index contributed by atoms with van der Waals surface area (Å²) >= 11 is 0. The number of hydrogen-bond acceptors (Lipinski definition) is 3. The molecule has 19 heavy (non-hydrogen) atoms. The molecule has 0 fully saturated rings. The number of hydrogen-bond donors (Lipinski definition) is 3. The van der Waals surface area contributed by atoms with Crippen LogP contribution in [-0.4, -0.2) is 30.2 Å². The fraction of sp³-hybridized carbons (Fsp3) is 0.533. The summed E-state index contributed by atoms with van der Waals surface area (Å²) in [5, 5.41) is 15.2. The minimum absolute atomic E-state index is 0.0912. The first-order valence-corrected chi connectivity index (χ1v) is 6.93. The second-order valence-corrected chi connectivity index (χ2v) is 5.21. The second-order valence-electron chi connectivity index (χ2n) is 5.21. The molecule has 2 rings (SSSR count). The Morgan fingerprint density at radius 3 is 3.05 bits per heavy atom. The highest BCUT2D eigenvalue weighted by Gasteiger charge is 2.24. The summed E-state index contributed by atoms with van der Waals surface area (Å²) in [6.45, 7) is 3.15. The quantitative estimate of drug-likeness (QED) is 0.733.